The van der Waals surface area contributed by atoms with Gasteiger partial charge in [0.05, 0.1) is 5.71 Å². The van der Waals surface area contributed by atoms with Crippen molar-refractivity contribution in [1.29, 1.82) is 0 Å². The molecule has 1 aliphatic carbocycles. The number of allylic oxidation sites excluding steroid dienone is 3. The lowest BCUT2D eigenvalue weighted by atomic mass is 9.95. The van der Waals surface area contributed by atoms with Gasteiger partial charge in [-0.15, -0.1) is 0 Å². The summed E-state index contributed by atoms with van der Waals surface area (Å²) in [6.07, 6.45) is 6.68. The molecule has 8 heteroatoms. The Kier molecular flexibility index (Phi) is 8.17. The van der Waals surface area contributed by atoms with Crippen LogP contribution in [0.3, 0.4) is 0 Å². The van der Waals surface area contributed by atoms with E-state index in [1.807, 2.05) is 18.2 Å². The normalized spacial score (nSPS) is 17.7. The highest BCUT2D eigenvalue weighted by Gasteiger charge is 2.36. The van der Waals surface area contributed by atoms with Crippen LogP contribution in [0.2, 0.25) is 0 Å². The first-order valence-electron chi connectivity index (χ1n) is 10.6. The number of fused-ring (bicyclic) bond motifs is 1. The van der Waals surface area contributed by atoms with Gasteiger partial charge in [-0.05, 0) is 44.1 Å². The minimum atomic E-state index is -0.562. The standard InChI is InChI=1S/C23H27BrN4O3/c1-2-27(18-8-4-3-5-9-18)14-7-13-25-21(29)10-6-15-28-22(30)19-16-17(24)11-12-20(19)26-23(28)31/h3-5,8-9,11-12,16,19H,2,6-7,10,13-15H2,1H3,(H,25,29). The van der Waals surface area contributed by atoms with Crippen molar-refractivity contribution in [1.82, 2.24) is 10.2 Å². The lowest BCUT2D eigenvalue weighted by molar-refractivity contribution is -0.130. The Morgan fingerprint density at radius 2 is 1.97 bits per heavy atom. The Bertz CT molecular complexity index is 911. The maximum absolute atomic E-state index is 12.6. The third-order valence-corrected chi connectivity index (χ3v) is 5.79. The number of hydrogen-bond acceptors (Lipinski definition) is 4. The average Bonchev–Trinajstić information content (AvgIpc) is 2.77. The van der Waals surface area contributed by atoms with Gasteiger partial charge in [0.25, 0.3) is 0 Å². The van der Waals surface area contributed by atoms with E-state index in [0.29, 0.717) is 18.7 Å². The first kappa shape index (κ1) is 22.9. The summed E-state index contributed by atoms with van der Waals surface area (Å²) in [5, 5.41) is 2.92. The number of halogens is 1. The molecule has 1 atom stereocenters. The fourth-order valence-electron chi connectivity index (χ4n) is 3.60. The smallest absolute Gasteiger partial charge is 0.350 e. The Morgan fingerprint density at radius 1 is 1.19 bits per heavy atom. The van der Waals surface area contributed by atoms with Gasteiger partial charge in [-0.25, -0.2) is 4.79 Å². The highest BCUT2D eigenvalue weighted by atomic mass is 79.9. The van der Waals surface area contributed by atoms with Crippen molar-refractivity contribution in [3.63, 3.8) is 0 Å². The van der Waals surface area contributed by atoms with Gasteiger partial charge in [0.2, 0.25) is 11.8 Å². The molecule has 4 amide bonds. The molecule has 1 heterocycles. The quantitative estimate of drug-likeness (QED) is 0.511. The molecule has 164 valence electrons. The monoisotopic (exact) mass is 486 g/mol. The summed E-state index contributed by atoms with van der Waals surface area (Å²) >= 11 is 3.35. The number of urea groups is 1. The summed E-state index contributed by atoms with van der Waals surface area (Å²) in [6, 6.07) is 9.63. The molecule has 0 saturated heterocycles. The maximum Gasteiger partial charge on any atom is 0.350 e. The summed E-state index contributed by atoms with van der Waals surface area (Å²) in [5.41, 5.74) is 1.64. The van der Waals surface area contributed by atoms with Crippen molar-refractivity contribution in [2.45, 2.75) is 26.2 Å². The largest absolute Gasteiger partial charge is 0.372 e. The number of hydrogen-bond donors (Lipinski definition) is 1. The Balaban J connectivity index is 1.37. The molecule has 0 spiro atoms. The summed E-state index contributed by atoms with van der Waals surface area (Å²) in [5.74, 6) is -0.915. The zero-order chi connectivity index (χ0) is 22.2. The van der Waals surface area contributed by atoms with Crippen molar-refractivity contribution in [2.24, 2.45) is 10.9 Å². The van der Waals surface area contributed by atoms with Crippen molar-refractivity contribution in [2.75, 3.05) is 31.1 Å². The number of anilines is 1. The highest BCUT2D eigenvalue weighted by molar-refractivity contribution is 9.11. The maximum atomic E-state index is 12.6. The molecule has 3 rings (SSSR count). The fraction of sp³-hybridized carbons (Fsp3) is 0.391. The average molecular weight is 487 g/mol. The van der Waals surface area contributed by atoms with Crippen LogP contribution in [-0.2, 0) is 9.59 Å². The predicted octanol–water partition coefficient (Wildman–Crippen LogP) is 3.67. The number of amides is 4. The van der Waals surface area contributed by atoms with Crippen LogP contribution < -0.4 is 10.2 Å². The van der Waals surface area contributed by atoms with E-state index < -0.39 is 11.9 Å². The third kappa shape index (κ3) is 6.13. The van der Waals surface area contributed by atoms with Crippen LogP contribution in [-0.4, -0.2) is 54.6 Å². The molecule has 0 bridgehead atoms. The van der Waals surface area contributed by atoms with Gasteiger partial charge in [-0.1, -0.05) is 40.2 Å². The molecule has 0 fully saturated rings. The Labute approximate surface area is 191 Å². The van der Waals surface area contributed by atoms with Crippen molar-refractivity contribution >= 4 is 45.2 Å². The number of rotatable bonds is 10. The summed E-state index contributed by atoms with van der Waals surface area (Å²) in [6.45, 7) is 4.65. The molecule has 1 unspecified atom stereocenters. The van der Waals surface area contributed by atoms with Crippen LogP contribution in [0, 0.1) is 5.92 Å². The number of para-hydroxylation sites is 1. The van der Waals surface area contributed by atoms with Crippen LogP contribution >= 0.6 is 15.9 Å². The molecule has 0 radical (unpaired) electrons. The second-order valence-corrected chi connectivity index (χ2v) is 8.31. The first-order valence-corrected chi connectivity index (χ1v) is 11.3. The van der Waals surface area contributed by atoms with Gasteiger partial charge in [-0.3, -0.25) is 14.5 Å². The molecule has 1 N–H and O–H groups in total. The van der Waals surface area contributed by atoms with Gasteiger partial charge in [0.1, 0.15) is 5.92 Å². The van der Waals surface area contributed by atoms with Crippen molar-refractivity contribution in [3.05, 3.63) is 53.0 Å². The fourth-order valence-corrected chi connectivity index (χ4v) is 4.00. The van der Waals surface area contributed by atoms with Crippen LogP contribution in [0.4, 0.5) is 10.5 Å². The van der Waals surface area contributed by atoms with Gasteiger partial charge in [0.15, 0.2) is 0 Å². The molecule has 1 aromatic rings. The molecule has 7 nitrogen and oxygen atoms in total. The number of nitrogens with zero attached hydrogens (tertiary/aromatic N) is 3. The van der Waals surface area contributed by atoms with E-state index in [2.05, 4.69) is 50.2 Å². The molecule has 1 aromatic carbocycles. The molecule has 31 heavy (non-hydrogen) atoms. The topological polar surface area (TPSA) is 82.1 Å². The second kappa shape index (κ2) is 11.0. The Morgan fingerprint density at radius 3 is 2.71 bits per heavy atom. The van der Waals surface area contributed by atoms with E-state index in [1.54, 1.807) is 18.2 Å². The van der Waals surface area contributed by atoms with Gasteiger partial charge in [-0.2, -0.15) is 4.99 Å². The minimum absolute atomic E-state index is 0.0768. The second-order valence-electron chi connectivity index (χ2n) is 7.39. The van der Waals surface area contributed by atoms with Gasteiger partial charge < -0.3 is 10.2 Å². The highest BCUT2D eigenvalue weighted by Crippen LogP contribution is 2.25. The molecule has 0 saturated carbocycles. The molecule has 1 aliphatic heterocycles. The number of benzene rings is 1. The number of nitrogens with one attached hydrogen (secondary N) is 1. The molecule has 2 aliphatic rings. The summed E-state index contributed by atoms with van der Waals surface area (Å²) in [4.78, 5) is 44.4. The zero-order valence-corrected chi connectivity index (χ0v) is 19.2. The van der Waals surface area contributed by atoms with Crippen LogP contribution in [0.15, 0.2) is 58.0 Å². The lowest BCUT2D eigenvalue weighted by Gasteiger charge is -2.28. The van der Waals surface area contributed by atoms with E-state index in [0.717, 1.165) is 28.9 Å². The number of carbonyl (C=O) groups is 3. The van der Waals surface area contributed by atoms with Gasteiger partial charge in [0, 0.05) is 42.8 Å². The number of imide groups is 1. The van der Waals surface area contributed by atoms with E-state index >= 15 is 0 Å². The predicted molar refractivity (Wildman–Crippen MR) is 125 cm³/mol. The van der Waals surface area contributed by atoms with Crippen LogP contribution in [0.25, 0.3) is 0 Å². The van der Waals surface area contributed by atoms with E-state index in [4.69, 9.17) is 0 Å². The number of aliphatic imine (C=N–C) groups is 1. The Hall–Kier alpha value is -2.74. The van der Waals surface area contributed by atoms with Crippen molar-refractivity contribution in [3.8, 4) is 0 Å². The van der Waals surface area contributed by atoms with Crippen LogP contribution in [0.5, 0.6) is 0 Å². The van der Waals surface area contributed by atoms with Crippen molar-refractivity contribution < 1.29 is 14.4 Å². The molecule has 0 aromatic heterocycles. The van der Waals surface area contributed by atoms with E-state index in [9.17, 15) is 14.4 Å². The molecular weight excluding hydrogens is 460 g/mol. The van der Waals surface area contributed by atoms with E-state index in [-0.39, 0.29) is 24.8 Å². The third-order valence-electron chi connectivity index (χ3n) is 5.26. The van der Waals surface area contributed by atoms with Crippen LogP contribution in [0.1, 0.15) is 26.2 Å². The summed E-state index contributed by atoms with van der Waals surface area (Å²) < 4.78 is 0.785. The lowest BCUT2D eigenvalue weighted by Crippen LogP contribution is -2.46. The number of carbonyl (C=O) groups excluding carboxylic acids is 3. The molecular formula is C23H27BrN4O3. The van der Waals surface area contributed by atoms with Gasteiger partial charge >= 0.3 is 6.03 Å². The minimum Gasteiger partial charge on any atom is -0.372 e. The summed E-state index contributed by atoms with van der Waals surface area (Å²) in [7, 11) is 0. The SMILES string of the molecule is CCN(CCCNC(=O)CCCN1C(=O)N=C2C=CC(Br)=CC2C1=O)c1ccccc1. The first-order chi connectivity index (χ1) is 15.0. The van der Waals surface area contributed by atoms with E-state index in [1.165, 1.54) is 5.69 Å². The zero-order valence-electron chi connectivity index (χ0n) is 17.6.